The molecule has 1 heterocycles. The fourth-order valence-electron chi connectivity index (χ4n) is 1.35. The Morgan fingerprint density at radius 3 is 2.76 bits per heavy atom. The van der Waals surface area contributed by atoms with Crippen molar-refractivity contribution >= 4 is 35.6 Å². The molecule has 1 N–H and O–H groups in total. The maximum absolute atomic E-state index is 13.5. The summed E-state index contributed by atoms with van der Waals surface area (Å²) in [5.74, 6) is -0.751. The lowest BCUT2D eigenvalue weighted by Gasteiger charge is -2.05. The molecule has 0 fully saturated rings. The largest absolute Gasteiger partial charge is 0.319 e. The first-order valence-electron chi connectivity index (χ1n) is 4.91. The molecule has 1 amide bonds. The van der Waals surface area contributed by atoms with Gasteiger partial charge in [0.1, 0.15) is 5.82 Å². The number of aryl methyl sites for hydroxylation is 1. The van der Waals surface area contributed by atoms with Crippen molar-refractivity contribution in [2.75, 3.05) is 5.32 Å². The predicted octanol–water partition coefficient (Wildman–Crippen LogP) is 3.74. The Bertz CT molecular complexity index is 565. The third kappa shape index (κ3) is 2.87. The summed E-state index contributed by atoms with van der Waals surface area (Å²) < 4.78 is 13.5. The molecule has 0 aliphatic carbocycles. The van der Waals surface area contributed by atoms with Gasteiger partial charge in [0, 0.05) is 10.3 Å². The molecule has 5 heteroatoms. The van der Waals surface area contributed by atoms with Gasteiger partial charge in [0.05, 0.1) is 10.6 Å². The summed E-state index contributed by atoms with van der Waals surface area (Å²) in [4.78, 5) is 13.0. The van der Waals surface area contributed by atoms with E-state index in [0.29, 0.717) is 4.88 Å². The molecule has 17 heavy (non-hydrogen) atoms. The smallest absolute Gasteiger partial charge is 0.265 e. The van der Waals surface area contributed by atoms with Crippen molar-refractivity contribution in [1.29, 1.82) is 0 Å². The maximum atomic E-state index is 13.5. The van der Waals surface area contributed by atoms with Gasteiger partial charge in [-0.15, -0.1) is 24.0 Å². The van der Waals surface area contributed by atoms with Crippen molar-refractivity contribution < 1.29 is 9.18 Å². The molecule has 0 aliphatic rings. The maximum Gasteiger partial charge on any atom is 0.265 e. The van der Waals surface area contributed by atoms with E-state index in [2.05, 4.69) is 17.9 Å². The molecule has 2 rings (SSSR count). The molecule has 0 bridgehead atoms. The Kier molecular flexibility index (Phi) is 3.49. The number of amides is 1. The van der Waals surface area contributed by atoms with Crippen LogP contribution in [-0.4, -0.2) is 5.91 Å². The number of carbonyl (C=O) groups excluding carboxylic acids is 1. The van der Waals surface area contributed by atoms with Crippen LogP contribution in [0.1, 0.15) is 15.2 Å². The number of nitrogens with one attached hydrogen (secondary N) is 1. The SMILES string of the molecule is Cc1ccc(NC(=O)c2cc(S)cs2)c(F)c1. The van der Waals surface area contributed by atoms with Gasteiger partial charge in [-0.05, 0) is 30.7 Å². The number of carbonyl (C=O) groups is 1. The lowest BCUT2D eigenvalue weighted by Crippen LogP contribution is -2.11. The topological polar surface area (TPSA) is 29.1 Å². The number of thiol groups is 1. The molecule has 0 atom stereocenters. The van der Waals surface area contributed by atoms with E-state index in [1.165, 1.54) is 17.4 Å². The zero-order valence-corrected chi connectivity index (χ0v) is 10.7. The summed E-state index contributed by atoms with van der Waals surface area (Å²) in [6.07, 6.45) is 0. The van der Waals surface area contributed by atoms with Gasteiger partial charge in [0.25, 0.3) is 5.91 Å². The highest BCUT2D eigenvalue weighted by atomic mass is 32.1. The molecule has 0 saturated heterocycles. The summed E-state index contributed by atoms with van der Waals surface area (Å²) >= 11 is 5.39. The zero-order valence-electron chi connectivity index (χ0n) is 9.03. The van der Waals surface area contributed by atoms with Crippen LogP contribution in [0.4, 0.5) is 10.1 Å². The average molecular weight is 267 g/mol. The van der Waals surface area contributed by atoms with Gasteiger partial charge >= 0.3 is 0 Å². The van der Waals surface area contributed by atoms with E-state index < -0.39 is 5.82 Å². The van der Waals surface area contributed by atoms with Crippen LogP contribution in [0.3, 0.4) is 0 Å². The van der Waals surface area contributed by atoms with Crippen LogP contribution in [0.25, 0.3) is 0 Å². The van der Waals surface area contributed by atoms with Crippen LogP contribution in [0, 0.1) is 12.7 Å². The van der Waals surface area contributed by atoms with E-state index in [-0.39, 0.29) is 11.6 Å². The average Bonchev–Trinajstić information content (AvgIpc) is 2.69. The van der Waals surface area contributed by atoms with Gasteiger partial charge in [0.15, 0.2) is 0 Å². The number of anilines is 1. The van der Waals surface area contributed by atoms with E-state index in [4.69, 9.17) is 0 Å². The molecule has 2 nitrogen and oxygen atoms in total. The Balaban J connectivity index is 2.18. The molecule has 2 aromatic rings. The summed E-state index contributed by atoms with van der Waals surface area (Å²) in [5, 5.41) is 4.28. The van der Waals surface area contributed by atoms with Gasteiger partial charge in [-0.25, -0.2) is 4.39 Å². The van der Waals surface area contributed by atoms with E-state index in [1.807, 2.05) is 0 Å². The second kappa shape index (κ2) is 4.89. The fraction of sp³-hybridized carbons (Fsp3) is 0.0833. The Morgan fingerprint density at radius 1 is 1.41 bits per heavy atom. The fourth-order valence-corrected chi connectivity index (χ4v) is 2.39. The Hall–Kier alpha value is -1.33. The number of halogens is 1. The second-order valence-electron chi connectivity index (χ2n) is 3.61. The molecule has 0 spiro atoms. The van der Waals surface area contributed by atoms with Gasteiger partial charge in [-0.1, -0.05) is 6.07 Å². The van der Waals surface area contributed by atoms with Gasteiger partial charge < -0.3 is 5.32 Å². The van der Waals surface area contributed by atoms with Crippen LogP contribution < -0.4 is 5.32 Å². The molecule has 0 saturated carbocycles. The Morgan fingerprint density at radius 2 is 2.18 bits per heavy atom. The van der Waals surface area contributed by atoms with Crippen molar-refractivity contribution in [3.8, 4) is 0 Å². The van der Waals surface area contributed by atoms with Crippen LogP contribution >= 0.6 is 24.0 Å². The predicted molar refractivity (Wildman–Crippen MR) is 70.7 cm³/mol. The van der Waals surface area contributed by atoms with Crippen molar-refractivity contribution in [2.45, 2.75) is 11.8 Å². The van der Waals surface area contributed by atoms with E-state index >= 15 is 0 Å². The van der Waals surface area contributed by atoms with Crippen LogP contribution in [0.2, 0.25) is 0 Å². The minimum atomic E-state index is -0.430. The Labute approximate surface area is 108 Å². The number of benzene rings is 1. The lowest BCUT2D eigenvalue weighted by molar-refractivity contribution is 0.103. The van der Waals surface area contributed by atoms with Gasteiger partial charge in [-0.2, -0.15) is 0 Å². The van der Waals surface area contributed by atoms with Gasteiger partial charge in [0.2, 0.25) is 0 Å². The molecule has 0 aliphatic heterocycles. The molecule has 0 unspecified atom stereocenters. The quantitative estimate of drug-likeness (QED) is 0.797. The van der Waals surface area contributed by atoms with Crippen molar-refractivity contribution in [3.05, 3.63) is 45.9 Å². The number of hydrogen-bond donors (Lipinski definition) is 2. The molecule has 1 aromatic carbocycles. The van der Waals surface area contributed by atoms with Crippen LogP contribution in [0.5, 0.6) is 0 Å². The zero-order chi connectivity index (χ0) is 12.4. The molecule has 1 aromatic heterocycles. The first kappa shape index (κ1) is 12.1. The summed E-state index contributed by atoms with van der Waals surface area (Å²) in [7, 11) is 0. The summed E-state index contributed by atoms with van der Waals surface area (Å²) in [6, 6.07) is 6.33. The van der Waals surface area contributed by atoms with Crippen molar-refractivity contribution in [2.24, 2.45) is 0 Å². The minimum Gasteiger partial charge on any atom is -0.319 e. The monoisotopic (exact) mass is 267 g/mol. The number of thiophene rings is 1. The third-order valence-corrected chi connectivity index (χ3v) is 3.54. The summed E-state index contributed by atoms with van der Waals surface area (Å²) in [5.41, 5.74) is 1.00. The summed E-state index contributed by atoms with van der Waals surface area (Å²) in [6.45, 7) is 1.79. The second-order valence-corrected chi connectivity index (χ2v) is 5.03. The highest BCUT2D eigenvalue weighted by Crippen LogP contribution is 2.21. The van der Waals surface area contributed by atoms with Gasteiger partial charge in [-0.3, -0.25) is 4.79 Å². The third-order valence-electron chi connectivity index (χ3n) is 2.18. The van der Waals surface area contributed by atoms with Crippen molar-refractivity contribution in [1.82, 2.24) is 0 Å². The highest BCUT2D eigenvalue weighted by Gasteiger charge is 2.11. The minimum absolute atomic E-state index is 0.190. The van der Waals surface area contributed by atoms with E-state index in [0.717, 1.165) is 10.5 Å². The lowest BCUT2D eigenvalue weighted by atomic mass is 10.2. The standard InChI is InChI=1S/C12H10FNOS2/c1-7-2-3-10(9(13)4-7)14-12(15)11-5-8(16)6-17-11/h2-6,16H,1H3,(H,14,15). The first-order chi connectivity index (χ1) is 8.06. The number of rotatable bonds is 2. The number of hydrogen-bond acceptors (Lipinski definition) is 3. The van der Waals surface area contributed by atoms with E-state index in [9.17, 15) is 9.18 Å². The highest BCUT2D eigenvalue weighted by molar-refractivity contribution is 7.80. The van der Waals surface area contributed by atoms with Crippen LogP contribution in [-0.2, 0) is 0 Å². The van der Waals surface area contributed by atoms with Crippen molar-refractivity contribution in [3.63, 3.8) is 0 Å². The molecular formula is C12H10FNOS2. The normalized spacial score (nSPS) is 10.3. The van der Waals surface area contributed by atoms with E-state index in [1.54, 1.807) is 30.5 Å². The molecule has 0 radical (unpaired) electrons. The first-order valence-corrected chi connectivity index (χ1v) is 6.24. The molecular weight excluding hydrogens is 257 g/mol. The van der Waals surface area contributed by atoms with Crippen LogP contribution in [0.15, 0.2) is 34.5 Å². The molecule has 88 valence electrons.